The zero-order chi connectivity index (χ0) is 11.3. The van der Waals surface area contributed by atoms with Crippen LogP contribution in [0.2, 0.25) is 5.02 Å². The van der Waals surface area contributed by atoms with E-state index < -0.39 is 0 Å². The third kappa shape index (κ3) is 3.44. The molecule has 0 saturated carbocycles. The van der Waals surface area contributed by atoms with Gasteiger partial charge in [0.2, 0.25) is 0 Å². The Morgan fingerprint density at radius 1 is 1.53 bits per heavy atom. The molecular formula is C11H15ClN2O. The third-order valence-electron chi connectivity index (χ3n) is 1.91. The first-order valence-electron chi connectivity index (χ1n) is 4.84. The molecule has 2 N–H and O–H groups in total. The van der Waals surface area contributed by atoms with E-state index in [1.165, 1.54) is 0 Å². The molecule has 1 aromatic rings. The highest BCUT2D eigenvalue weighted by Gasteiger charge is 2.01. The van der Waals surface area contributed by atoms with Crippen molar-refractivity contribution in [2.24, 2.45) is 10.7 Å². The fraction of sp³-hybridized carbons (Fsp3) is 0.364. The minimum atomic E-state index is 0.575. The van der Waals surface area contributed by atoms with Crippen LogP contribution in [-0.4, -0.2) is 12.9 Å². The van der Waals surface area contributed by atoms with E-state index in [4.69, 9.17) is 22.1 Å². The van der Waals surface area contributed by atoms with Crippen LogP contribution in [0.1, 0.15) is 19.8 Å². The summed E-state index contributed by atoms with van der Waals surface area (Å²) in [5.41, 5.74) is 6.49. The number of methoxy groups -OCH3 is 1. The molecule has 0 radical (unpaired) electrons. The summed E-state index contributed by atoms with van der Waals surface area (Å²) in [7, 11) is 1.57. The Kier molecular flexibility index (Phi) is 4.43. The Morgan fingerprint density at radius 2 is 2.27 bits per heavy atom. The summed E-state index contributed by atoms with van der Waals surface area (Å²) >= 11 is 5.89. The number of nitrogens with zero attached hydrogens (tertiary/aromatic N) is 1. The minimum absolute atomic E-state index is 0.575. The van der Waals surface area contributed by atoms with Gasteiger partial charge in [-0.15, -0.1) is 0 Å². The largest absolute Gasteiger partial charge is 0.495 e. The van der Waals surface area contributed by atoms with Gasteiger partial charge in [0.1, 0.15) is 5.75 Å². The highest BCUT2D eigenvalue weighted by molar-refractivity contribution is 6.32. The van der Waals surface area contributed by atoms with Gasteiger partial charge in [0, 0.05) is 12.5 Å². The van der Waals surface area contributed by atoms with E-state index in [0.29, 0.717) is 16.6 Å². The van der Waals surface area contributed by atoms with Gasteiger partial charge in [0.25, 0.3) is 0 Å². The van der Waals surface area contributed by atoms with Crippen LogP contribution in [0.25, 0.3) is 0 Å². The van der Waals surface area contributed by atoms with E-state index in [1.807, 2.05) is 6.07 Å². The molecule has 0 heterocycles. The van der Waals surface area contributed by atoms with Crippen LogP contribution in [-0.2, 0) is 0 Å². The molecule has 15 heavy (non-hydrogen) atoms. The molecule has 82 valence electrons. The van der Waals surface area contributed by atoms with E-state index in [-0.39, 0.29) is 0 Å². The number of benzene rings is 1. The maximum absolute atomic E-state index is 5.89. The van der Waals surface area contributed by atoms with Gasteiger partial charge in [0.15, 0.2) is 0 Å². The highest BCUT2D eigenvalue weighted by atomic mass is 35.5. The van der Waals surface area contributed by atoms with Gasteiger partial charge in [-0.25, -0.2) is 4.99 Å². The van der Waals surface area contributed by atoms with Crippen molar-refractivity contribution in [3.05, 3.63) is 23.2 Å². The van der Waals surface area contributed by atoms with Gasteiger partial charge in [0.05, 0.1) is 23.7 Å². The lowest BCUT2D eigenvalue weighted by Gasteiger charge is -2.04. The summed E-state index contributed by atoms with van der Waals surface area (Å²) in [6.07, 6.45) is 1.78. The van der Waals surface area contributed by atoms with Crippen molar-refractivity contribution in [2.45, 2.75) is 19.8 Å². The van der Waals surface area contributed by atoms with E-state index in [2.05, 4.69) is 11.9 Å². The van der Waals surface area contributed by atoms with Crippen LogP contribution in [0.5, 0.6) is 5.75 Å². The fourth-order valence-corrected chi connectivity index (χ4v) is 1.39. The lowest BCUT2D eigenvalue weighted by atomic mass is 10.3. The molecular weight excluding hydrogens is 212 g/mol. The molecule has 3 nitrogen and oxygen atoms in total. The second-order valence-electron chi connectivity index (χ2n) is 3.17. The zero-order valence-electron chi connectivity index (χ0n) is 8.96. The summed E-state index contributed by atoms with van der Waals surface area (Å²) < 4.78 is 5.09. The molecule has 0 aliphatic heterocycles. The van der Waals surface area contributed by atoms with Crippen LogP contribution >= 0.6 is 11.6 Å². The van der Waals surface area contributed by atoms with E-state index in [0.717, 1.165) is 18.5 Å². The predicted octanol–water partition coefficient (Wildman–Crippen LogP) is 3.14. The summed E-state index contributed by atoms with van der Waals surface area (Å²) in [6.45, 7) is 2.06. The topological polar surface area (TPSA) is 47.6 Å². The van der Waals surface area contributed by atoms with Gasteiger partial charge in [-0.2, -0.15) is 0 Å². The molecule has 0 aromatic heterocycles. The summed E-state index contributed by atoms with van der Waals surface area (Å²) in [6, 6.07) is 5.33. The second-order valence-corrected chi connectivity index (χ2v) is 3.58. The van der Waals surface area contributed by atoms with Crippen molar-refractivity contribution >= 4 is 23.1 Å². The number of aliphatic imine (C=N–C) groups is 1. The Balaban J connectivity index is 2.91. The summed E-state index contributed by atoms with van der Waals surface area (Å²) in [4.78, 5) is 4.25. The smallest absolute Gasteiger partial charge is 0.139 e. The lowest BCUT2D eigenvalue weighted by Crippen LogP contribution is -2.09. The molecule has 1 aromatic carbocycles. The van der Waals surface area contributed by atoms with Gasteiger partial charge in [-0.3, -0.25) is 0 Å². The highest BCUT2D eigenvalue weighted by Crippen LogP contribution is 2.28. The normalized spacial score (nSPS) is 11.5. The third-order valence-corrected chi connectivity index (χ3v) is 2.23. The monoisotopic (exact) mass is 226 g/mol. The number of halogens is 1. The van der Waals surface area contributed by atoms with E-state index >= 15 is 0 Å². The molecule has 0 aliphatic carbocycles. The average Bonchev–Trinajstić information content (AvgIpc) is 2.21. The Labute approximate surface area is 94.9 Å². The summed E-state index contributed by atoms with van der Waals surface area (Å²) in [5, 5.41) is 0.575. The van der Waals surface area contributed by atoms with Crippen molar-refractivity contribution in [2.75, 3.05) is 7.11 Å². The molecule has 0 unspecified atom stereocenters. The molecule has 4 heteroatoms. The van der Waals surface area contributed by atoms with Crippen LogP contribution in [0, 0.1) is 0 Å². The predicted molar refractivity (Wildman–Crippen MR) is 64.2 cm³/mol. The van der Waals surface area contributed by atoms with E-state index in [9.17, 15) is 0 Å². The Hall–Kier alpha value is -1.22. The fourth-order valence-electron chi connectivity index (χ4n) is 1.20. The molecule has 0 spiro atoms. The van der Waals surface area contributed by atoms with Crippen molar-refractivity contribution in [1.82, 2.24) is 0 Å². The molecule has 0 saturated heterocycles. The molecule has 1 rings (SSSR count). The van der Waals surface area contributed by atoms with Crippen LogP contribution in [0.3, 0.4) is 0 Å². The number of nitrogens with two attached hydrogens (primary N) is 1. The van der Waals surface area contributed by atoms with Crippen molar-refractivity contribution in [3.63, 3.8) is 0 Å². The minimum Gasteiger partial charge on any atom is -0.495 e. The van der Waals surface area contributed by atoms with Gasteiger partial charge < -0.3 is 10.5 Å². The maximum Gasteiger partial charge on any atom is 0.139 e. The number of hydrogen-bond donors (Lipinski definition) is 1. The Bertz CT molecular complexity index is 364. The maximum atomic E-state index is 5.89. The van der Waals surface area contributed by atoms with Crippen LogP contribution in [0.15, 0.2) is 23.2 Å². The van der Waals surface area contributed by atoms with Gasteiger partial charge >= 0.3 is 0 Å². The molecule has 0 amide bonds. The number of ether oxygens (including phenoxy) is 1. The summed E-state index contributed by atoms with van der Waals surface area (Å²) in [5.74, 6) is 1.24. The van der Waals surface area contributed by atoms with Crippen LogP contribution in [0.4, 0.5) is 5.69 Å². The van der Waals surface area contributed by atoms with Gasteiger partial charge in [-0.05, 0) is 18.6 Å². The molecule has 0 atom stereocenters. The zero-order valence-corrected chi connectivity index (χ0v) is 9.71. The quantitative estimate of drug-likeness (QED) is 0.633. The van der Waals surface area contributed by atoms with Crippen molar-refractivity contribution in [1.29, 1.82) is 0 Å². The molecule has 0 bridgehead atoms. The SMILES string of the molecule is CCCC(N)=Nc1ccc(Cl)c(OC)c1. The van der Waals surface area contributed by atoms with Crippen molar-refractivity contribution in [3.8, 4) is 5.75 Å². The number of hydrogen-bond acceptors (Lipinski definition) is 2. The number of rotatable bonds is 4. The first-order chi connectivity index (χ1) is 7.17. The molecule has 0 aliphatic rings. The van der Waals surface area contributed by atoms with Crippen molar-refractivity contribution < 1.29 is 4.74 Å². The number of amidine groups is 1. The average molecular weight is 227 g/mol. The Morgan fingerprint density at radius 3 is 2.87 bits per heavy atom. The van der Waals surface area contributed by atoms with Crippen LogP contribution < -0.4 is 10.5 Å². The lowest BCUT2D eigenvalue weighted by molar-refractivity contribution is 0.415. The first kappa shape index (κ1) is 11.9. The first-order valence-corrected chi connectivity index (χ1v) is 5.21. The van der Waals surface area contributed by atoms with E-state index in [1.54, 1.807) is 19.2 Å². The van der Waals surface area contributed by atoms with Gasteiger partial charge in [-0.1, -0.05) is 18.5 Å². The standard InChI is InChI=1S/C11H15ClN2O/c1-3-4-11(13)14-8-5-6-9(12)10(7-8)15-2/h5-7H,3-4H2,1-2H3,(H2,13,14). The molecule has 0 fully saturated rings. The second kappa shape index (κ2) is 5.61.